The van der Waals surface area contributed by atoms with Crippen molar-refractivity contribution in [3.05, 3.63) is 29.8 Å². The van der Waals surface area contributed by atoms with Crippen molar-refractivity contribution in [2.45, 2.75) is 24.4 Å². The molecule has 4 nitrogen and oxygen atoms in total. The van der Waals surface area contributed by atoms with Crippen molar-refractivity contribution in [1.29, 1.82) is 0 Å². The van der Waals surface area contributed by atoms with E-state index < -0.39 is 26.7 Å². The van der Waals surface area contributed by atoms with Gasteiger partial charge in [-0.1, -0.05) is 19.1 Å². The summed E-state index contributed by atoms with van der Waals surface area (Å²) in [6.45, 7) is 1.31. The largest absolute Gasteiger partial charge is 0.417 e. The predicted molar refractivity (Wildman–Crippen MR) is 67.6 cm³/mol. The quantitative estimate of drug-likeness (QED) is 0.875. The Bertz CT molecular complexity index is 543. The number of hydrogen-bond acceptors (Lipinski definition) is 3. The summed E-state index contributed by atoms with van der Waals surface area (Å²) in [6.07, 6.45) is -4.57. The first-order valence-corrected chi connectivity index (χ1v) is 7.46. The molecule has 0 saturated heterocycles. The highest BCUT2D eigenvalue weighted by Gasteiger charge is 2.38. The Balaban J connectivity index is 3.28. The minimum atomic E-state index is -4.74. The molecule has 0 unspecified atom stereocenters. The van der Waals surface area contributed by atoms with Crippen LogP contribution in [-0.2, 0) is 16.2 Å². The van der Waals surface area contributed by atoms with Gasteiger partial charge in [0.05, 0.1) is 10.5 Å². The van der Waals surface area contributed by atoms with Gasteiger partial charge < -0.3 is 5.11 Å². The molecule has 0 fully saturated rings. The summed E-state index contributed by atoms with van der Waals surface area (Å²) < 4.78 is 64.1. The second-order valence-corrected chi connectivity index (χ2v) is 5.97. The smallest absolute Gasteiger partial charge is 0.396 e. The molecule has 114 valence electrons. The molecule has 1 aromatic carbocycles. The number of rotatable bonds is 6. The van der Waals surface area contributed by atoms with E-state index in [0.29, 0.717) is 0 Å². The molecule has 0 saturated carbocycles. The van der Waals surface area contributed by atoms with Crippen LogP contribution in [0.1, 0.15) is 18.9 Å². The van der Waals surface area contributed by atoms with Crippen molar-refractivity contribution in [3.8, 4) is 0 Å². The normalized spacial score (nSPS) is 12.9. The molecule has 1 rings (SSSR count). The first kappa shape index (κ1) is 16.9. The molecule has 0 spiro atoms. The maximum absolute atomic E-state index is 12.9. The van der Waals surface area contributed by atoms with Gasteiger partial charge >= 0.3 is 6.18 Å². The van der Waals surface area contributed by atoms with Crippen LogP contribution in [0.3, 0.4) is 0 Å². The minimum absolute atomic E-state index is 0.0263. The van der Waals surface area contributed by atoms with E-state index in [2.05, 4.69) is 0 Å². The zero-order valence-corrected chi connectivity index (χ0v) is 11.7. The lowest BCUT2D eigenvalue weighted by Crippen LogP contribution is -2.33. The Hall–Kier alpha value is -1.12. The monoisotopic (exact) mass is 311 g/mol. The molecular weight excluding hydrogens is 295 g/mol. The summed E-state index contributed by atoms with van der Waals surface area (Å²) in [5, 5.41) is 8.73. The van der Waals surface area contributed by atoms with Gasteiger partial charge in [0.1, 0.15) is 0 Å². The molecule has 1 N–H and O–H groups in total. The van der Waals surface area contributed by atoms with Crippen molar-refractivity contribution < 1.29 is 26.7 Å². The molecule has 20 heavy (non-hydrogen) atoms. The molecule has 0 atom stereocenters. The number of sulfonamides is 1. The van der Waals surface area contributed by atoms with Gasteiger partial charge in [0.25, 0.3) is 0 Å². The lowest BCUT2D eigenvalue weighted by molar-refractivity contribution is -0.139. The fourth-order valence-corrected chi connectivity index (χ4v) is 3.46. The summed E-state index contributed by atoms with van der Waals surface area (Å²) in [7, 11) is -4.23. The lowest BCUT2D eigenvalue weighted by Gasteiger charge is -2.22. The molecule has 1 aromatic rings. The summed E-state index contributed by atoms with van der Waals surface area (Å²) >= 11 is 0. The zero-order chi connectivity index (χ0) is 15.4. The number of alkyl halides is 3. The third-order valence-electron chi connectivity index (χ3n) is 2.73. The number of hydrogen-bond donors (Lipinski definition) is 1. The number of halogens is 3. The maximum Gasteiger partial charge on any atom is 0.417 e. The van der Waals surface area contributed by atoms with Crippen molar-refractivity contribution in [3.63, 3.8) is 0 Å². The summed E-state index contributed by atoms with van der Waals surface area (Å²) in [5.74, 6) is 0. The lowest BCUT2D eigenvalue weighted by atomic mass is 10.2. The Morgan fingerprint density at radius 1 is 1.25 bits per heavy atom. The van der Waals surface area contributed by atoms with E-state index in [0.717, 1.165) is 22.5 Å². The van der Waals surface area contributed by atoms with Crippen molar-refractivity contribution in [2.24, 2.45) is 0 Å². The molecule has 0 aliphatic heterocycles. The average molecular weight is 311 g/mol. The molecule has 0 heterocycles. The van der Waals surface area contributed by atoms with E-state index in [4.69, 9.17) is 5.11 Å². The summed E-state index contributed by atoms with van der Waals surface area (Å²) in [5.41, 5.74) is -1.18. The highest BCUT2D eigenvalue weighted by molar-refractivity contribution is 7.89. The second-order valence-electron chi connectivity index (χ2n) is 4.07. The standard InChI is InChI=1S/C12H16F3NO3S/c1-2-16(8-5-9-17)20(18,19)11-7-4-3-6-10(11)12(13,14)15/h3-4,6-7,17H,2,5,8-9H2,1H3. The number of aliphatic hydroxyl groups is 1. The van der Waals surface area contributed by atoms with E-state index in [1.165, 1.54) is 13.0 Å². The highest BCUT2D eigenvalue weighted by atomic mass is 32.2. The van der Waals surface area contributed by atoms with E-state index in [-0.39, 0.29) is 26.1 Å². The van der Waals surface area contributed by atoms with E-state index in [1.807, 2.05) is 0 Å². The van der Waals surface area contributed by atoms with Gasteiger partial charge in [0.15, 0.2) is 0 Å². The predicted octanol–water partition coefficient (Wildman–Crippen LogP) is 2.10. The molecule has 0 radical (unpaired) electrons. The highest BCUT2D eigenvalue weighted by Crippen LogP contribution is 2.35. The van der Waals surface area contributed by atoms with Gasteiger partial charge in [-0.3, -0.25) is 0 Å². The van der Waals surface area contributed by atoms with Gasteiger partial charge in [-0.2, -0.15) is 17.5 Å². The number of benzene rings is 1. The number of aliphatic hydroxyl groups excluding tert-OH is 1. The second kappa shape index (κ2) is 6.55. The van der Waals surface area contributed by atoms with Crippen molar-refractivity contribution in [1.82, 2.24) is 4.31 Å². The molecule has 0 aliphatic rings. The molecular formula is C12H16F3NO3S. The summed E-state index contributed by atoms with van der Waals surface area (Å²) in [6, 6.07) is 4.08. The Kier molecular flexibility index (Phi) is 5.55. The third-order valence-corrected chi connectivity index (χ3v) is 4.76. The van der Waals surface area contributed by atoms with Crippen LogP contribution in [-0.4, -0.2) is 37.5 Å². The van der Waals surface area contributed by atoms with E-state index >= 15 is 0 Å². The molecule has 0 amide bonds. The molecule has 0 bridgehead atoms. The zero-order valence-electron chi connectivity index (χ0n) is 10.9. The molecule has 0 aromatic heterocycles. The van der Waals surface area contributed by atoms with Crippen molar-refractivity contribution in [2.75, 3.05) is 19.7 Å². The minimum Gasteiger partial charge on any atom is -0.396 e. The first-order valence-electron chi connectivity index (χ1n) is 6.02. The van der Waals surface area contributed by atoms with Crippen LogP contribution in [0.2, 0.25) is 0 Å². The van der Waals surface area contributed by atoms with E-state index in [9.17, 15) is 21.6 Å². The molecule has 0 aliphatic carbocycles. The van der Waals surface area contributed by atoms with Gasteiger partial charge in [0, 0.05) is 19.7 Å². The van der Waals surface area contributed by atoms with E-state index in [1.54, 1.807) is 0 Å². The van der Waals surface area contributed by atoms with Gasteiger partial charge in [-0.25, -0.2) is 8.42 Å². The third kappa shape index (κ3) is 3.71. The van der Waals surface area contributed by atoms with Gasteiger partial charge in [-0.15, -0.1) is 0 Å². The fraction of sp³-hybridized carbons (Fsp3) is 0.500. The van der Waals surface area contributed by atoms with Crippen LogP contribution in [0.25, 0.3) is 0 Å². The maximum atomic E-state index is 12.9. The van der Waals surface area contributed by atoms with Gasteiger partial charge in [0.2, 0.25) is 10.0 Å². The number of nitrogens with zero attached hydrogens (tertiary/aromatic N) is 1. The Labute approximate surface area is 115 Å². The van der Waals surface area contributed by atoms with Crippen LogP contribution in [0.15, 0.2) is 29.2 Å². The Morgan fingerprint density at radius 2 is 1.85 bits per heavy atom. The van der Waals surface area contributed by atoms with Crippen LogP contribution in [0, 0.1) is 0 Å². The van der Waals surface area contributed by atoms with Gasteiger partial charge in [-0.05, 0) is 18.6 Å². The Morgan fingerprint density at radius 3 is 2.35 bits per heavy atom. The van der Waals surface area contributed by atoms with Crippen molar-refractivity contribution >= 4 is 10.0 Å². The average Bonchev–Trinajstić information content (AvgIpc) is 2.38. The molecule has 8 heteroatoms. The fourth-order valence-electron chi connectivity index (χ4n) is 1.76. The van der Waals surface area contributed by atoms with Crippen LogP contribution in [0.5, 0.6) is 0 Å². The SMILES string of the molecule is CCN(CCCO)S(=O)(=O)c1ccccc1C(F)(F)F. The van der Waals surface area contributed by atoms with Crippen LogP contribution in [0.4, 0.5) is 13.2 Å². The van der Waals surface area contributed by atoms with Crippen LogP contribution >= 0.6 is 0 Å². The topological polar surface area (TPSA) is 57.6 Å². The first-order chi connectivity index (χ1) is 9.25. The summed E-state index contributed by atoms with van der Waals surface area (Å²) in [4.78, 5) is -0.757. The van der Waals surface area contributed by atoms with Crippen LogP contribution < -0.4 is 0 Å².